The normalized spacial score (nSPS) is 16.9. The molecular weight excluding hydrogens is 282 g/mol. The fourth-order valence-corrected chi connectivity index (χ4v) is 2.20. The standard InChI is InChI=1S/C12H23N3O4S/c1-4-10(16)13-20-15-7-5-14(6-8-15)11(17)19-9-12(2,3)18/h18H,4-9H2,1-3H3,(H,13,16). The molecule has 0 spiro atoms. The molecule has 20 heavy (non-hydrogen) atoms. The van der Waals surface area contributed by atoms with Crippen molar-refractivity contribution in [1.82, 2.24) is 13.9 Å². The monoisotopic (exact) mass is 305 g/mol. The second-order valence-electron chi connectivity index (χ2n) is 5.25. The van der Waals surface area contributed by atoms with Crippen LogP contribution in [0.2, 0.25) is 0 Å². The summed E-state index contributed by atoms with van der Waals surface area (Å²) in [6.07, 6.45) is 0.0466. The van der Waals surface area contributed by atoms with Gasteiger partial charge in [0.25, 0.3) is 0 Å². The van der Waals surface area contributed by atoms with Gasteiger partial charge < -0.3 is 14.7 Å². The first-order valence-corrected chi connectivity index (χ1v) is 7.44. The number of nitrogens with one attached hydrogen (secondary N) is 1. The van der Waals surface area contributed by atoms with Crippen molar-refractivity contribution in [3.05, 3.63) is 0 Å². The highest BCUT2D eigenvalue weighted by Gasteiger charge is 2.24. The Bertz CT molecular complexity index is 338. The van der Waals surface area contributed by atoms with E-state index >= 15 is 0 Å². The van der Waals surface area contributed by atoms with E-state index in [2.05, 4.69) is 4.72 Å². The summed E-state index contributed by atoms with van der Waals surface area (Å²) in [5.41, 5.74) is -1.02. The average Bonchev–Trinajstić information content (AvgIpc) is 2.41. The molecule has 1 aliphatic rings. The molecule has 1 fully saturated rings. The number of aliphatic hydroxyl groups is 1. The molecule has 0 aromatic heterocycles. The van der Waals surface area contributed by atoms with E-state index < -0.39 is 11.7 Å². The molecule has 2 N–H and O–H groups in total. The lowest BCUT2D eigenvalue weighted by Gasteiger charge is -2.33. The minimum atomic E-state index is -1.02. The summed E-state index contributed by atoms with van der Waals surface area (Å²) in [4.78, 5) is 24.5. The second kappa shape index (κ2) is 7.70. The Morgan fingerprint density at radius 1 is 1.30 bits per heavy atom. The quantitative estimate of drug-likeness (QED) is 0.724. The van der Waals surface area contributed by atoms with Gasteiger partial charge >= 0.3 is 6.09 Å². The van der Waals surface area contributed by atoms with Crippen LogP contribution >= 0.6 is 12.1 Å². The lowest BCUT2D eigenvalue weighted by Crippen LogP contribution is -2.48. The topological polar surface area (TPSA) is 82.1 Å². The fourth-order valence-electron chi connectivity index (χ4n) is 1.48. The van der Waals surface area contributed by atoms with Crippen molar-refractivity contribution in [1.29, 1.82) is 0 Å². The van der Waals surface area contributed by atoms with Gasteiger partial charge in [-0.2, -0.15) is 0 Å². The van der Waals surface area contributed by atoms with Crippen LogP contribution < -0.4 is 4.72 Å². The van der Waals surface area contributed by atoms with Crippen molar-refractivity contribution in [3.63, 3.8) is 0 Å². The number of carbonyl (C=O) groups is 2. The third kappa shape index (κ3) is 6.44. The summed E-state index contributed by atoms with van der Waals surface area (Å²) < 4.78 is 9.76. The Kier molecular flexibility index (Phi) is 6.57. The van der Waals surface area contributed by atoms with Crippen LogP contribution in [0.25, 0.3) is 0 Å². The first-order chi connectivity index (χ1) is 9.31. The van der Waals surface area contributed by atoms with Gasteiger partial charge in [0.2, 0.25) is 5.91 Å². The predicted octanol–water partition coefficient (Wildman–Crippen LogP) is 0.601. The lowest BCUT2D eigenvalue weighted by atomic mass is 10.2. The fraction of sp³-hybridized carbons (Fsp3) is 0.833. The Balaban J connectivity index is 2.24. The number of rotatable bonds is 5. The van der Waals surface area contributed by atoms with Crippen LogP contribution in [0.3, 0.4) is 0 Å². The molecule has 0 atom stereocenters. The van der Waals surface area contributed by atoms with Gasteiger partial charge in [0.1, 0.15) is 6.61 Å². The maximum atomic E-state index is 11.8. The molecule has 7 nitrogen and oxygen atoms in total. The van der Waals surface area contributed by atoms with E-state index in [4.69, 9.17) is 4.74 Å². The zero-order valence-corrected chi connectivity index (χ0v) is 13.0. The van der Waals surface area contributed by atoms with Crippen molar-refractivity contribution in [2.75, 3.05) is 32.8 Å². The Morgan fingerprint density at radius 2 is 1.90 bits per heavy atom. The zero-order chi connectivity index (χ0) is 15.2. The largest absolute Gasteiger partial charge is 0.446 e. The van der Waals surface area contributed by atoms with Crippen LogP contribution in [0.5, 0.6) is 0 Å². The molecule has 1 rings (SSSR count). The van der Waals surface area contributed by atoms with Crippen LogP contribution in [0.1, 0.15) is 27.2 Å². The number of piperazine rings is 1. The molecule has 0 aromatic rings. The van der Waals surface area contributed by atoms with Gasteiger partial charge in [-0.25, -0.2) is 9.10 Å². The Labute approximate surface area is 123 Å². The van der Waals surface area contributed by atoms with Gasteiger partial charge in [-0.1, -0.05) is 6.92 Å². The minimum Gasteiger partial charge on any atom is -0.446 e. The van der Waals surface area contributed by atoms with Crippen LogP contribution in [0.15, 0.2) is 0 Å². The lowest BCUT2D eigenvalue weighted by molar-refractivity contribution is -0.118. The van der Waals surface area contributed by atoms with Gasteiger partial charge in [0.15, 0.2) is 0 Å². The van der Waals surface area contributed by atoms with Gasteiger partial charge in [0, 0.05) is 44.7 Å². The molecule has 2 amide bonds. The molecule has 0 saturated carbocycles. The number of hydrogen-bond acceptors (Lipinski definition) is 6. The third-order valence-electron chi connectivity index (χ3n) is 2.66. The second-order valence-corrected chi connectivity index (χ2v) is 6.16. The molecule has 1 aliphatic heterocycles. The summed E-state index contributed by atoms with van der Waals surface area (Å²) in [6.45, 7) is 7.36. The molecule has 0 aromatic carbocycles. The third-order valence-corrected chi connectivity index (χ3v) is 3.60. The molecule has 0 unspecified atom stereocenters. The Morgan fingerprint density at radius 3 is 2.40 bits per heavy atom. The van der Waals surface area contributed by atoms with Crippen LogP contribution in [-0.4, -0.2) is 64.7 Å². The highest BCUT2D eigenvalue weighted by Crippen LogP contribution is 2.12. The molecule has 8 heteroatoms. The molecule has 0 bridgehead atoms. The summed E-state index contributed by atoms with van der Waals surface area (Å²) in [7, 11) is 0. The van der Waals surface area contributed by atoms with Crippen LogP contribution in [-0.2, 0) is 9.53 Å². The maximum absolute atomic E-state index is 11.8. The van der Waals surface area contributed by atoms with Gasteiger partial charge in [-0.3, -0.25) is 9.52 Å². The summed E-state index contributed by atoms with van der Waals surface area (Å²) in [6, 6.07) is 0. The van der Waals surface area contributed by atoms with E-state index in [1.165, 1.54) is 12.1 Å². The van der Waals surface area contributed by atoms with Crippen molar-refractivity contribution < 1.29 is 19.4 Å². The first kappa shape index (κ1) is 17.1. The number of carbonyl (C=O) groups excluding carboxylic acids is 2. The average molecular weight is 305 g/mol. The maximum Gasteiger partial charge on any atom is 0.409 e. The molecule has 116 valence electrons. The number of amides is 2. The number of nitrogens with zero attached hydrogens (tertiary/aromatic N) is 2. The van der Waals surface area contributed by atoms with Gasteiger partial charge in [-0.15, -0.1) is 0 Å². The summed E-state index contributed by atoms with van der Waals surface area (Å²) in [5, 5.41) is 9.50. The van der Waals surface area contributed by atoms with Crippen molar-refractivity contribution in [2.45, 2.75) is 32.8 Å². The van der Waals surface area contributed by atoms with Crippen molar-refractivity contribution >= 4 is 24.1 Å². The number of hydrogen-bond donors (Lipinski definition) is 2. The van der Waals surface area contributed by atoms with Crippen LogP contribution in [0.4, 0.5) is 4.79 Å². The highest BCUT2D eigenvalue weighted by atomic mass is 32.2. The summed E-state index contributed by atoms with van der Waals surface area (Å²) >= 11 is 1.28. The minimum absolute atomic E-state index is 0.0120. The molecule has 1 heterocycles. The Hall–Kier alpha value is -0.990. The smallest absolute Gasteiger partial charge is 0.409 e. The van der Waals surface area contributed by atoms with E-state index in [1.807, 2.05) is 4.31 Å². The van der Waals surface area contributed by atoms with E-state index in [1.54, 1.807) is 25.7 Å². The van der Waals surface area contributed by atoms with Crippen LogP contribution in [0, 0.1) is 0 Å². The molecule has 0 radical (unpaired) electrons. The highest BCUT2D eigenvalue weighted by molar-refractivity contribution is 7.95. The number of ether oxygens (including phenoxy) is 1. The van der Waals surface area contributed by atoms with Gasteiger partial charge in [0.05, 0.1) is 5.60 Å². The SMILES string of the molecule is CCC(=O)NSN1CCN(C(=O)OCC(C)(C)O)CC1. The molecule has 1 saturated heterocycles. The van der Waals surface area contributed by atoms with E-state index in [-0.39, 0.29) is 12.5 Å². The zero-order valence-electron chi connectivity index (χ0n) is 12.2. The van der Waals surface area contributed by atoms with E-state index in [0.717, 1.165) is 0 Å². The van der Waals surface area contributed by atoms with E-state index in [0.29, 0.717) is 32.6 Å². The predicted molar refractivity (Wildman–Crippen MR) is 76.8 cm³/mol. The van der Waals surface area contributed by atoms with Crippen molar-refractivity contribution in [3.8, 4) is 0 Å². The first-order valence-electron chi connectivity index (χ1n) is 6.66. The van der Waals surface area contributed by atoms with Gasteiger partial charge in [-0.05, 0) is 13.8 Å². The summed E-state index contributed by atoms with van der Waals surface area (Å²) in [5.74, 6) is -0.0120. The van der Waals surface area contributed by atoms with Crippen molar-refractivity contribution in [2.24, 2.45) is 0 Å². The van der Waals surface area contributed by atoms with E-state index in [9.17, 15) is 14.7 Å². The molecular formula is C12H23N3O4S. The molecule has 0 aliphatic carbocycles.